The summed E-state index contributed by atoms with van der Waals surface area (Å²) in [4.78, 5) is 4.49. The summed E-state index contributed by atoms with van der Waals surface area (Å²) < 4.78 is 12.9. The Bertz CT molecular complexity index is 559. The Morgan fingerprint density at radius 2 is 2.21 bits per heavy atom. The monoisotopic (exact) mass is 261 g/mol. The highest BCUT2D eigenvalue weighted by molar-refractivity contribution is 5.51. The largest absolute Gasteiger partial charge is 0.381 e. The van der Waals surface area contributed by atoms with Crippen molar-refractivity contribution >= 4 is 0 Å². The quantitative estimate of drug-likeness (QED) is 0.834. The third-order valence-corrected chi connectivity index (χ3v) is 3.45. The van der Waals surface area contributed by atoms with Gasteiger partial charge in [0.05, 0.1) is 12.2 Å². The number of ether oxygens (including phenoxy) is 1. The molecule has 5 nitrogen and oxygen atoms in total. The van der Waals surface area contributed by atoms with E-state index in [9.17, 15) is 0 Å². The lowest BCUT2D eigenvalue weighted by Crippen LogP contribution is -2.19. The molecule has 0 N–H and O–H groups in total. The number of aromatic nitrogens is 3. The Morgan fingerprint density at radius 1 is 1.37 bits per heavy atom. The minimum Gasteiger partial charge on any atom is -0.381 e. The van der Waals surface area contributed by atoms with Crippen LogP contribution in [0.5, 0.6) is 0 Å². The van der Waals surface area contributed by atoms with E-state index in [0.29, 0.717) is 12.5 Å². The van der Waals surface area contributed by atoms with Crippen molar-refractivity contribution in [3.8, 4) is 11.5 Å². The van der Waals surface area contributed by atoms with E-state index in [1.807, 2.05) is 18.5 Å². The third kappa shape index (κ3) is 2.42. The fraction of sp³-hybridized carbons (Fsp3) is 0.571. The summed E-state index contributed by atoms with van der Waals surface area (Å²) in [5.74, 6) is 1.63. The van der Waals surface area contributed by atoms with Crippen LogP contribution >= 0.6 is 0 Å². The van der Waals surface area contributed by atoms with Crippen molar-refractivity contribution in [2.45, 2.75) is 38.6 Å². The van der Waals surface area contributed by atoms with Crippen LogP contribution in [-0.2, 0) is 10.3 Å². The molecule has 0 unspecified atom stereocenters. The Kier molecular flexibility index (Phi) is 2.93. The van der Waals surface area contributed by atoms with E-state index in [-0.39, 0.29) is 11.5 Å². The van der Waals surface area contributed by atoms with Crippen LogP contribution < -0.4 is 0 Å². The molecule has 1 aliphatic heterocycles. The average Bonchev–Trinajstić information content (AvgIpc) is 3.10. The van der Waals surface area contributed by atoms with Gasteiger partial charge in [0, 0.05) is 30.5 Å². The summed E-state index contributed by atoms with van der Waals surface area (Å²) in [6, 6.07) is 2.01. The van der Waals surface area contributed by atoms with Crippen LogP contribution in [0.2, 0.25) is 0 Å². The first-order valence-electron chi connectivity index (χ1n) is 6.64. The fourth-order valence-corrected chi connectivity index (χ4v) is 2.20. The number of hydrogen-bond donors (Lipinski definition) is 0. The van der Waals surface area contributed by atoms with Crippen LogP contribution in [0.15, 0.2) is 23.0 Å². The summed E-state index contributed by atoms with van der Waals surface area (Å²) in [6.07, 6.45) is 5.06. The topological polar surface area (TPSA) is 53.1 Å². The summed E-state index contributed by atoms with van der Waals surface area (Å²) in [6.45, 7) is 7.96. The molecule has 1 saturated heterocycles. The number of hydrogen-bond acceptors (Lipinski definition) is 4. The highest BCUT2D eigenvalue weighted by Crippen LogP contribution is 2.27. The second-order valence-corrected chi connectivity index (χ2v) is 6.00. The average molecular weight is 261 g/mol. The molecule has 0 bridgehead atoms. The van der Waals surface area contributed by atoms with Crippen molar-refractivity contribution in [1.29, 1.82) is 0 Å². The van der Waals surface area contributed by atoms with Crippen molar-refractivity contribution in [3.05, 3.63) is 24.3 Å². The first-order chi connectivity index (χ1) is 9.04. The van der Waals surface area contributed by atoms with Crippen molar-refractivity contribution in [1.82, 2.24) is 14.7 Å². The second-order valence-electron chi connectivity index (χ2n) is 6.00. The van der Waals surface area contributed by atoms with Crippen LogP contribution in [0.25, 0.3) is 11.5 Å². The Labute approximate surface area is 112 Å². The number of rotatable bonds is 2. The van der Waals surface area contributed by atoms with Crippen LogP contribution in [0.4, 0.5) is 0 Å². The molecule has 102 valence electrons. The molecule has 3 rings (SSSR count). The molecule has 1 fully saturated rings. The van der Waals surface area contributed by atoms with Crippen molar-refractivity contribution < 1.29 is 9.26 Å². The standard InChI is InChI=1S/C14H19N3O2/c1-14(2,3)17-6-4-10(8-17)13-15-12(16-19-13)11-5-7-18-9-11/h4,6,8,11H,5,7,9H2,1-3H3/t11-/m0/s1. The molecule has 0 amide bonds. The lowest BCUT2D eigenvalue weighted by molar-refractivity contribution is 0.192. The van der Waals surface area contributed by atoms with Gasteiger partial charge < -0.3 is 13.8 Å². The highest BCUT2D eigenvalue weighted by Gasteiger charge is 2.24. The SMILES string of the molecule is CC(C)(C)n1ccc(-c2nc([C@H]3CCOC3)no2)c1. The minimum absolute atomic E-state index is 0.0559. The Balaban J connectivity index is 1.84. The molecule has 2 aromatic heterocycles. The molecule has 1 aliphatic rings. The van der Waals surface area contributed by atoms with E-state index in [2.05, 4.69) is 35.5 Å². The zero-order chi connectivity index (χ0) is 13.5. The van der Waals surface area contributed by atoms with E-state index in [4.69, 9.17) is 9.26 Å². The zero-order valence-corrected chi connectivity index (χ0v) is 11.6. The fourth-order valence-electron chi connectivity index (χ4n) is 2.20. The van der Waals surface area contributed by atoms with Crippen molar-refractivity contribution in [3.63, 3.8) is 0 Å². The smallest absolute Gasteiger partial charge is 0.259 e. The van der Waals surface area contributed by atoms with Gasteiger partial charge in [-0.2, -0.15) is 4.98 Å². The van der Waals surface area contributed by atoms with Gasteiger partial charge in [-0.1, -0.05) is 5.16 Å². The molecule has 5 heteroatoms. The maximum Gasteiger partial charge on any atom is 0.259 e. The summed E-state index contributed by atoms with van der Waals surface area (Å²) in [5, 5.41) is 4.07. The molecule has 0 aliphatic carbocycles. The molecule has 0 spiro atoms. The van der Waals surface area contributed by atoms with Gasteiger partial charge in [0.15, 0.2) is 5.82 Å². The maximum absolute atomic E-state index is 5.36. The van der Waals surface area contributed by atoms with E-state index >= 15 is 0 Å². The molecule has 0 radical (unpaired) electrons. The Hall–Kier alpha value is -1.62. The normalized spacial score (nSPS) is 20.1. The van der Waals surface area contributed by atoms with Gasteiger partial charge in [0.25, 0.3) is 5.89 Å². The van der Waals surface area contributed by atoms with Crippen LogP contribution in [0.1, 0.15) is 38.9 Å². The molecule has 3 heterocycles. The van der Waals surface area contributed by atoms with Crippen LogP contribution in [0.3, 0.4) is 0 Å². The summed E-state index contributed by atoms with van der Waals surface area (Å²) in [5.41, 5.74) is 1.02. The first kappa shape index (κ1) is 12.4. The van der Waals surface area contributed by atoms with Gasteiger partial charge in [-0.15, -0.1) is 0 Å². The van der Waals surface area contributed by atoms with E-state index < -0.39 is 0 Å². The Morgan fingerprint density at radius 3 is 2.84 bits per heavy atom. The van der Waals surface area contributed by atoms with Crippen molar-refractivity contribution in [2.24, 2.45) is 0 Å². The molecule has 1 atom stereocenters. The molecular weight excluding hydrogens is 242 g/mol. The lowest BCUT2D eigenvalue weighted by Gasteiger charge is -2.20. The first-order valence-corrected chi connectivity index (χ1v) is 6.64. The van der Waals surface area contributed by atoms with Gasteiger partial charge in [0.2, 0.25) is 0 Å². The van der Waals surface area contributed by atoms with Crippen molar-refractivity contribution in [2.75, 3.05) is 13.2 Å². The van der Waals surface area contributed by atoms with E-state index in [1.54, 1.807) is 0 Å². The van der Waals surface area contributed by atoms with Crippen LogP contribution in [0, 0.1) is 0 Å². The minimum atomic E-state index is 0.0559. The van der Waals surface area contributed by atoms with E-state index in [1.165, 1.54) is 0 Å². The highest BCUT2D eigenvalue weighted by atomic mass is 16.5. The summed E-state index contributed by atoms with van der Waals surface area (Å²) >= 11 is 0. The summed E-state index contributed by atoms with van der Waals surface area (Å²) in [7, 11) is 0. The van der Waals surface area contributed by atoms with Gasteiger partial charge in [-0.3, -0.25) is 0 Å². The van der Waals surface area contributed by atoms with Gasteiger partial charge in [-0.25, -0.2) is 0 Å². The predicted octanol–water partition coefficient (Wildman–Crippen LogP) is 2.80. The second kappa shape index (κ2) is 4.49. The third-order valence-electron chi connectivity index (χ3n) is 3.45. The van der Waals surface area contributed by atoms with E-state index in [0.717, 1.165) is 24.4 Å². The van der Waals surface area contributed by atoms with Gasteiger partial charge in [0.1, 0.15) is 0 Å². The molecular formula is C14H19N3O2. The maximum atomic E-state index is 5.36. The molecule has 0 aromatic carbocycles. The predicted molar refractivity (Wildman–Crippen MR) is 70.9 cm³/mol. The molecule has 2 aromatic rings. The zero-order valence-electron chi connectivity index (χ0n) is 11.6. The molecule has 0 saturated carbocycles. The van der Waals surface area contributed by atoms with Crippen LogP contribution in [-0.4, -0.2) is 27.9 Å². The van der Waals surface area contributed by atoms with Gasteiger partial charge in [-0.05, 0) is 33.3 Å². The molecule has 19 heavy (non-hydrogen) atoms. The lowest BCUT2D eigenvalue weighted by atomic mass is 10.1. The number of nitrogens with zero attached hydrogens (tertiary/aromatic N) is 3. The van der Waals surface area contributed by atoms with Gasteiger partial charge >= 0.3 is 0 Å².